The van der Waals surface area contributed by atoms with E-state index in [9.17, 15) is 36.7 Å². The first kappa shape index (κ1) is 49.5. The number of halogens is 4. The highest BCUT2D eigenvalue weighted by molar-refractivity contribution is 7.98. The molecule has 2 saturated carbocycles. The van der Waals surface area contributed by atoms with Crippen molar-refractivity contribution in [3.05, 3.63) is 81.4 Å². The molecule has 330 valence electrons. The molecule has 11 nitrogen and oxygen atoms in total. The Balaban J connectivity index is 0.000000238. The third kappa shape index (κ3) is 14.7. The number of hydrogen-bond donors (Lipinski definition) is 4. The number of anilines is 1. The summed E-state index contributed by atoms with van der Waals surface area (Å²) in [5, 5.41) is 3.89. The lowest BCUT2D eigenvalue weighted by Crippen LogP contribution is -2.45. The number of primary amides is 1. The largest absolute Gasteiger partial charge is 0.496 e. The van der Waals surface area contributed by atoms with Gasteiger partial charge in [0, 0.05) is 47.5 Å². The Morgan fingerprint density at radius 2 is 1.82 bits per heavy atom. The fourth-order valence-electron chi connectivity index (χ4n) is 6.38. The van der Waals surface area contributed by atoms with Gasteiger partial charge < -0.3 is 25.7 Å². The molecule has 3 atom stereocenters. The standard InChI is InChI=1S/C14H15F4N3O2.C14H16N2O2.C14H23NOS.C2H6/c15-10-4-3-8(6-9(10)14(16,17)18)20-7-12(22)21-5-1-2-11(21)13(19)23;1-8-13(18-4)6-5-10-12(17)7-11(9(2)15-3)16-14(8)10;1-2-3-4-5-6-7-11-10-13(11)14(16)15-17-12-8-9-12;1-2/h3-4,6,11,20H,1-2,5,7H2,(H2,19,23);5-7H,1-4H3,(H,16,17);6-7,11-13H,2-5,8-10H2,1H3,(H,15,16);1-2H3/b;;7-6-;/t11-;;11-,13+;/m0.1./s1. The second-order valence-electron chi connectivity index (χ2n) is 14.6. The average molecular weight is 861 g/mol. The van der Waals surface area contributed by atoms with E-state index in [-0.39, 0.29) is 29.5 Å². The molecule has 2 aromatic carbocycles. The predicted molar refractivity (Wildman–Crippen MR) is 233 cm³/mol. The van der Waals surface area contributed by atoms with Gasteiger partial charge in [-0.3, -0.25) is 28.9 Å². The van der Waals surface area contributed by atoms with Crippen molar-refractivity contribution in [1.29, 1.82) is 0 Å². The molecule has 3 amide bonds. The summed E-state index contributed by atoms with van der Waals surface area (Å²) in [5.41, 5.74) is 7.02. The van der Waals surface area contributed by atoms with Gasteiger partial charge in [-0.25, -0.2) is 4.39 Å². The minimum atomic E-state index is -4.82. The molecular formula is C44H60F4N6O5S. The monoisotopic (exact) mass is 860 g/mol. The number of allylic oxidation sites excluding steroid dienone is 2. The number of rotatable bonds is 14. The van der Waals surface area contributed by atoms with Crippen molar-refractivity contribution in [2.24, 2.45) is 22.6 Å². The Morgan fingerprint density at radius 1 is 1.10 bits per heavy atom. The summed E-state index contributed by atoms with van der Waals surface area (Å²) in [6, 6.07) is 6.86. The molecule has 1 aliphatic heterocycles. The Kier molecular flexibility index (Phi) is 19.6. The lowest BCUT2D eigenvalue weighted by molar-refractivity contribution is -0.140. The number of carbonyl (C=O) groups excluding carboxylic acids is 3. The number of fused-ring (bicyclic) bond motifs is 1. The number of nitrogens with two attached hydrogens (primary N) is 1. The number of likely N-dealkylation sites (tertiary alicyclic amines) is 1. The molecule has 0 radical (unpaired) electrons. The smallest absolute Gasteiger partial charge is 0.419 e. The van der Waals surface area contributed by atoms with Crippen molar-refractivity contribution >= 4 is 52.0 Å². The van der Waals surface area contributed by atoms with E-state index in [1.54, 1.807) is 38.2 Å². The number of aromatic amines is 1. The first-order valence-corrected chi connectivity index (χ1v) is 21.4. The molecule has 3 fully saturated rings. The Labute approximate surface area is 354 Å². The zero-order chi connectivity index (χ0) is 44.6. The van der Waals surface area contributed by atoms with Gasteiger partial charge in [-0.15, -0.1) is 0 Å². The lowest BCUT2D eigenvalue weighted by atomic mass is 10.1. The molecule has 1 aromatic heterocycles. The van der Waals surface area contributed by atoms with Crippen LogP contribution in [0.2, 0.25) is 0 Å². The molecule has 3 aromatic rings. The Morgan fingerprint density at radius 3 is 2.43 bits per heavy atom. The maximum absolute atomic E-state index is 13.2. The van der Waals surface area contributed by atoms with E-state index < -0.39 is 35.4 Å². The number of alkyl halides is 3. The van der Waals surface area contributed by atoms with Crippen LogP contribution >= 0.6 is 11.9 Å². The Bertz CT molecular complexity index is 2030. The molecule has 5 N–H and O–H groups in total. The molecule has 2 heterocycles. The molecule has 6 rings (SSSR count). The molecule has 3 aliphatic rings. The second kappa shape index (κ2) is 23.8. The summed E-state index contributed by atoms with van der Waals surface area (Å²) in [4.78, 5) is 55.7. The minimum Gasteiger partial charge on any atom is -0.496 e. The van der Waals surface area contributed by atoms with Crippen LogP contribution in [0.5, 0.6) is 5.75 Å². The number of ether oxygens (including phenoxy) is 1. The van der Waals surface area contributed by atoms with Gasteiger partial charge in [-0.05, 0) is 107 Å². The molecule has 60 heavy (non-hydrogen) atoms. The number of benzene rings is 2. The molecule has 1 saturated heterocycles. The second-order valence-corrected chi connectivity index (χ2v) is 15.7. The first-order chi connectivity index (χ1) is 28.6. The molecule has 0 bridgehead atoms. The number of nitrogens with one attached hydrogen (secondary N) is 3. The molecule has 16 heteroatoms. The van der Waals surface area contributed by atoms with Crippen LogP contribution in [0.25, 0.3) is 10.9 Å². The fourth-order valence-corrected chi connectivity index (χ4v) is 7.19. The van der Waals surface area contributed by atoms with Gasteiger partial charge in [0.05, 0.1) is 36.1 Å². The van der Waals surface area contributed by atoms with Crippen molar-refractivity contribution in [2.75, 3.05) is 32.6 Å². The third-order valence-electron chi connectivity index (χ3n) is 10.2. The summed E-state index contributed by atoms with van der Waals surface area (Å²) >= 11 is 1.63. The molecule has 0 spiro atoms. The number of methoxy groups -OCH3 is 1. The van der Waals surface area contributed by atoms with Crippen LogP contribution in [0.3, 0.4) is 0 Å². The van der Waals surface area contributed by atoms with Crippen molar-refractivity contribution in [2.45, 2.75) is 110 Å². The van der Waals surface area contributed by atoms with Gasteiger partial charge in [0.15, 0.2) is 5.43 Å². The highest BCUT2D eigenvalue weighted by atomic mass is 32.2. The van der Waals surface area contributed by atoms with Crippen molar-refractivity contribution in [3.8, 4) is 5.75 Å². The van der Waals surface area contributed by atoms with E-state index in [2.05, 4.69) is 39.1 Å². The highest BCUT2D eigenvalue weighted by Crippen LogP contribution is 2.41. The molecular weight excluding hydrogens is 801 g/mol. The Hall–Kier alpha value is -4.86. The predicted octanol–water partition coefficient (Wildman–Crippen LogP) is 8.73. The summed E-state index contributed by atoms with van der Waals surface area (Å²) in [5.74, 6) is -0.643. The molecule has 0 unspecified atom stereocenters. The van der Waals surface area contributed by atoms with E-state index in [1.807, 2.05) is 33.8 Å². The maximum atomic E-state index is 13.2. The number of carbonyl (C=O) groups is 3. The average Bonchev–Trinajstić information content (AvgIpc) is 4.16. The van der Waals surface area contributed by atoms with Gasteiger partial charge in [0.2, 0.25) is 17.7 Å². The number of hydrogen-bond acceptors (Lipinski definition) is 8. The van der Waals surface area contributed by atoms with E-state index in [4.69, 9.17) is 10.5 Å². The number of amides is 3. The van der Waals surface area contributed by atoms with Crippen LogP contribution < -0.4 is 25.9 Å². The first-order valence-electron chi connectivity index (χ1n) is 20.5. The zero-order valence-corrected chi connectivity index (χ0v) is 36.5. The van der Waals surface area contributed by atoms with Gasteiger partial charge in [0.25, 0.3) is 0 Å². The minimum absolute atomic E-state index is 0.00694. The van der Waals surface area contributed by atoms with E-state index in [1.165, 1.54) is 43.4 Å². The van der Waals surface area contributed by atoms with Gasteiger partial charge in [0.1, 0.15) is 17.6 Å². The number of H-pyrrole nitrogens is 1. The topological polar surface area (TPSA) is 159 Å². The fraction of sp³-hybridized carbons (Fsp3) is 0.523. The normalized spacial score (nSPS) is 18.4. The van der Waals surface area contributed by atoms with Crippen LogP contribution in [0.15, 0.2) is 58.3 Å². The van der Waals surface area contributed by atoms with E-state index in [0.717, 1.165) is 40.7 Å². The van der Waals surface area contributed by atoms with Gasteiger partial charge in [-0.1, -0.05) is 45.8 Å². The number of nitrogens with zero attached hydrogens (tertiary/aromatic N) is 2. The highest BCUT2D eigenvalue weighted by Gasteiger charge is 2.41. The summed E-state index contributed by atoms with van der Waals surface area (Å²) in [7, 11) is 3.32. The van der Waals surface area contributed by atoms with Crippen LogP contribution in [0, 0.1) is 24.6 Å². The van der Waals surface area contributed by atoms with Gasteiger partial charge >= 0.3 is 6.18 Å². The van der Waals surface area contributed by atoms with Crippen LogP contribution in [-0.4, -0.2) is 71.9 Å². The summed E-state index contributed by atoms with van der Waals surface area (Å²) in [6.07, 6.45) is 9.46. The number of aryl methyl sites for hydroxylation is 1. The number of aromatic nitrogens is 1. The van der Waals surface area contributed by atoms with Gasteiger partial charge in [-0.2, -0.15) is 13.2 Å². The maximum Gasteiger partial charge on any atom is 0.419 e. The van der Waals surface area contributed by atoms with Crippen molar-refractivity contribution in [1.82, 2.24) is 14.6 Å². The van der Waals surface area contributed by atoms with E-state index >= 15 is 0 Å². The zero-order valence-electron chi connectivity index (χ0n) is 35.6. The number of aliphatic imine (C=N–C) groups is 1. The summed E-state index contributed by atoms with van der Waals surface area (Å²) in [6.45, 7) is 10.1. The van der Waals surface area contributed by atoms with Crippen molar-refractivity contribution < 1.29 is 36.7 Å². The quantitative estimate of drug-likeness (QED) is 0.0415. The third-order valence-corrected chi connectivity index (χ3v) is 11.3. The SMILES string of the molecule is CC.CCCCC/C=C\[C@@H]1C[C@@H]1C(=O)NSC1CC1.CN=C(C)c1cc(=O)c2ccc(OC)c(C)c2[nH]1.NC(=O)[C@@H]1CCCN1C(=O)CNc1ccc(F)c(C(F)(F)F)c1. The van der Waals surface area contributed by atoms with E-state index in [0.29, 0.717) is 48.1 Å². The van der Waals surface area contributed by atoms with Crippen LogP contribution in [0.4, 0.5) is 23.2 Å². The van der Waals surface area contributed by atoms with Crippen molar-refractivity contribution in [3.63, 3.8) is 0 Å². The summed E-state index contributed by atoms with van der Waals surface area (Å²) < 4.78 is 59.3. The molecule has 2 aliphatic carbocycles. The number of pyridine rings is 1. The number of unbranched alkanes of at least 4 members (excludes halogenated alkanes) is 3. The van der Waals surface area contributed by atoms with Crippen LogP contribution in [-0.2, 0) is 20.6 Å². The van der Waals surface area contributed by atoms with Crippen LogP contribution in [0.1, 0.15) is 102 Å². The lowest BCUT2D eigenvalue weighted by Gasteiger charge is -2.22.